The molecule has 2 rings (SSSR count). The number of benzene rings is 1. The number of rotatable bonds is 2. The minimum absolute atomic E-state index is 0.908. The van der Waals surface area contributed by atoms with Crippen LogP contribution < -0.4 is 5.32 Å². The van der Waals surface area contributed by atoms with Crippen LogP contribution in [0.5, 0.6) is 0 Å². The molecule has 0 bridgehead atoms. The molecule has 0 fully saturated rings. The summed E-state index contributed by atoms with van der Waals surface area (Å²) in [5.74, 6) is 1.83. The van der Waals surface area contributed by atoms with Crippen molar-refractivity contribution in [3.63, 3.8) is 0 Å². The number of nitrogens with one attached hydrogen (secondary N) is 1. The summed E-state index contributed by atoms with van der Waals surface area (Å²) in [7, 11) is 1.90. The van der Waals surface area contributed by atoms with Gasteiger partial charge < -0.3 is 9.73 Å². The lowest BCUT2D eigenvalue weighted by Crippen LogP contribution is -1.87. The third kappa shape index (κ3) is 1.51. The smallest absolute Gasteiger partial charge is 0.157 e. The summed E-state index contributed by atoms with van der Waals surface area (Å²) >= 11 is 0. The summed E-state index contributed by atoms with van der Waals surface area (Å²) in [5, 5.41) is 3.12. The van der Waals surface area contributed by atoms with Gasteiger partial charge in [0.05, 0.1) is 5.69 Å². The zero-order chi connectivity index (χ0) is 9.97. The van der Waals surface area contributed by atoms with E-state index in [2.05, 4.69) is 5.32 Å². The fraction of sp³-hybridized carbons (Fsp3) is 0.167. The van der Waals surface area contributed by atoms with Crippen molar-refractivity contribution >= 4 is 5.69 Å². The number of hydrogen-bond acceptors (Lipinski definition) is 2. The van der Waals surface area contributed by atoms with Gasteiger partial charge in [0.2, 0.25) is 0 Å². The monoisotopic (exact) mass is 187 g/mol. The van der Waals surface area contributed by atoms with E-state index in [1.54, 1.807) is 0 Å². The first-order chi connectivity index (χ1) is 6.81. The van der Waals surface area contributed by atoms with Crippen LogP contribution >= 0.6 is 0 Å². The Kier molecular flexibility index (Phi) is 2.27. The average molecular weight is 187 g/mol. The maximum atomic E-state index is 5.63. The van der Waals surface area contributed by atoms with E-state index in [1.165, 1.54) is 0 Å². The fourth-order valence-electron chi connectivity index (χ4n) is 1.50. The quantitative estimate of drug-likeness (QED) is 0.780. The van der Waals surface area contributed by atoms with E-state index in [9.17, 15) is 0 Å². The molecule has 72 valence electrons. The summed E-state index contributed by atoms with van der Waals surface area (Å²) in [4.78, 5) is 0. The molecule has 1 heterocycles. The molecule has 0 aliphatic rings. The van der Waals surface area contributed by atoms with Crippen molar-refractivity contribution in [2.45, 2.75) is 6.92 Å². The molecule has 0 aliphatic heterocycles. The van der Waals surface area contributed by atoms with Crippen LogP contribution in [0.15, 0.2) is 40.8 Å². The second-order valence-electron chi connectivity index (χ2n) is 3.22. The topological polar surface area (TPSA) is 25.2 Å². The maximum absolute atomic E-state index is 5.63. The third-order valence-corrected chi connectivity index (χ3v) is 2.16. The van der Waals surface area contributed by atoms with Crippen molar-refractivity contribution < 1.29 is 4.42 Å². The van der Waals surface area contributed by atoms with Crippen LogP contribution in [-0.2, 0) is 0 Å². The number of anilines is 1. The van der Waals surface area contributed by atoms with Gasteiger partial charge in [-0.1, -0.05) is 30.3 Å². The highest BCUT2D eigenvalue weighted by molar-refractivity contribution is 5.73. The first-order valence-electron chi connectivity index (χ1n) is 4.65. The van der Waals surface area contributed by atoms with E-state index in [0.717, 1.165) is 22.8 Å². The summed E-state index contributed by atoms with van der Waals surface area (Å²) in [6.45, 7) is 1.95. The molecule has 2 aromatic rings. The van der Waals surface area contributed by atoms with Crippen LogP contribution in [0.1, 0.15) is 5.76 Å². The van der Waals surface area contributed by atoms with E-state index in [-0.39, 0.29) is 0 Å². The Morgan fingerprint density at radius 3 is 2.50 bits per heavy atom. The van der Waals surface area contributed by atoms with Gasteiger partial charge in [-0.25, -0.2) is 0 Å². The second kappa shape index (κ2) is 3.58. The maximum Gasteiger partial charge on any atom is 0.157 e. The Morgan fingerprint density at radius 2 is 1.86 bits per heavy atom. The molecule has 0 amide bonds. The molecule has 1 N–H and O–H groups in total. The van der Waals surface area contributed by atoms with E-state index in [0.29, 0.717) is 0 Å². The fourth-order valence-corrected chi connectivity index (χ4v) is 1.50. The zero-order valence-electron chi connectivity index (χ0n) is 8.37. The first-order valence-corrected chi connectivity index (χ1v) is 4.65. The van der Waals surface area contributed by atoms with Crippen LogP contribution in [0.2, 0.25) is 0 Å². The average Bonchev–Trinajstić information content (AvgIpc) is 2.61. The molecule has 0 unspecified atom stereocenters. The molecule has 0 aliphatic carbocycles. The summed E-state index contributed by atoms with van der Waals surface area (Å²) in [5.41, 5.74) is 2.14. The molecule has 0 radical (unpaired) electrons. The van der Waals surface area contributed by atoms with Crippen LogP contribution in [-0.4, -0.2) is 7.05 Å². The van der Waals surface area contributed by atoms with Gasteiger partial charge in [0.25, 0.3) is 0 Å². The summed E-state index contributed by atoms with van der Waals surface area (Å²) in [6, 6.07) is 12.1. The van der Waals surface area contributed by atoms with Crippen LogP contribution in [0.25, 0.3) is 11.3 Å². The summed E-state index contributed by atoms with van der Waals surface area (Å²) in [6.07, 6.45) is 0. The highest BCUT2D eigenvalue weighted by Gasteiger charge is 2.08. The molecule has 0 saturated carbocycles. The first kappa shape index (κ1) is 8.88. The summed E-state index contributed by atoms with van der Waals surface area (Å²) < 4.78 is 5.63. The van der Waals surface area contributed by atoms with Crippen LogP contribution in [0, 0.1) is 6.92 Å². The molecule has 1 aromatic carbocycles. The van der Waals surface area contributed by atoms with Gasteiger partial charge in [-0.2, -0.15) is 0 Å². The molecule has 1 aromatic heterocycles. The van der Waals surface area contributed by atoms with Crippen LogP contribution in [0.4, 0.5) is 5.69 Å². The lowest BCUT2D eigenvalue weighted by atomic mass is 10.1. The molecule has 0 saturated heterocycles. The van der Waals surface area contributed by atoms with Crippen molar-refractivity contribution in [1.82, 2.24) is 0 Å². The minimum atomic E-state index is 0.908. The predicted octanol–water partition coefficient (Wildman–Crippen LogP) is 3.30. The molecule has 14 heavy (non-hydrogen) atoms. The number of furan rings is 1. The Morgan fingerprint density at radius 1 is 1.14 bits per heavy atom. The second-order valence-corrected chi connectivity index (χ2v) is 3.22. The lowest BCUT2D eigenvalue weighted by Gasteiger charge is -2.00. The van der Waals surface area contributed by atoms with Crippen LogP contribution in [0.3, 0.4) is 0 Å². The molecular formula is C12H13NO. The molecule has 0 atom stereocenters. The zero-order valence-corrected chi connectivity index (χ0v) is 8.37. The van der Waals surface area contributed by atoms with Gasteiger partial charge in [0.1, 0.15) is 5.76 Å². The normalized spacial score (nSPS) is 10.1. The Bertz CT molecular complexity index is 417. The molecule has 0 spiro atoms. The Balaban J connectivity index is 2.51. The van der Waals surface area contributed by atoms with Crippen molar-refractivity contribution in [3.8, 4) is 11.3 Å². The van der Waals surface area contributed by atoms with Crippen molar-refractivity contribution in [3.05, 3.63) is 42.2 Å². The van der Waals surface area contributed by atoms with Gasteiger partial charge in [-0.15, -0.1) is 0 Å². The van der Waals surface area contributed by atoms with Gasteiger partial charge in [-0.3, -0.25) is 0 Å². The van der Waals surface area contributed by atoms with Crippen molar-refractivity contribution in [1.29, 1.82) is 0 Å². The van der Waals surface area contributed by atoms with E-state index < -0.39 is 0 Å². The Hall–Kier alpha value is -1.70. The highest BCUT2D eigenvalue weighted by atomic mass is 16.3. The largest absolute Gasteiger partial charge is 0.459 e. The number of aryl methyl sites for hydroxylation is 1. The van der Waals surface area contributed by atoms with Gasteiger partial charge in [0, 0.05) is 18.7 Å². The molecular weight excluding hydrogens is 174 g/mol. The third-order valence-electron chi connectivity index (χ3n) is 2.16. The molecule has 2 nitrogen and oxygen atoms in total. The van der Waals surface area contributed by atoms with Gasteiger partial charge in [-0.05, 0) is 6.92 Å². The van der Waals surface area contributed by atoms with E-state index >= 15 is 0 Å². The van der Waals surface area contributed by atoms with Gasteiger partial charge in [0.15, 0.2) is 5.76 Å². The SMILES string of the molecule is CNc1cc(C)oc1-c1ccccc1. The highest BCUT2D eigenvalue weighted by Crippen LogP contribution is 2.30. The standard InChI is InChI=1S/C12H13NO/c1-9-8-11(13-2)12(14-9)10-6-4-3-5-7-10/h3-8,13H,1-2H3. The van der Waals surface area contributed by atoms with E-state index in [4.69, 9.17) is 4.42 Å². The lowest BCUT2D eigenvalue weighted by molar-refractivity contribution is 0.549. The van der Waals surface area contributed by atoms with Gasteiger partial charge >= 0.3 is 0 Å². The Labute approximate surface area is 83.6 Å². The van der Waals surface area contributed by atoms with Crippen molar-refractivity contribution in [2.75, 3.05) is 12.4 Å². The molecule has 2 heteroatoms. The minimum Gasteiger partial charge on any atom is -0.459 e. The van der Waals surface area contributed by atoms with Crippen molar-refractivity contribution in [2.24, 2.45) is 0 Å². The predicted molar refractivity (Wildman–Crippen MR) is 58.4 cm³/mol. The number of hydrogen-bond donors (Lipinski definition) is 1. The van der Waals surface area contributed by atoms with E-state index in [1.807, 2.05) is 50.4 Å².